The van der Waals surface area contributed by atoms with Gasteiger partial charge in [0.1, 0.15) is 5.82 Å². The Hall–Kier alpha value is -3.36. The summed E-state index contributed by atoms with van der Waals surface area (Å²) in [6, 6.07) is 6.82. The Morgan fingerprint density at radius 3 is 2.37 bits per heavy atom. The number of amides is 4. The van der Waals surface area contributed by atoms with Crippen LogP contribution >= 0.6 is 0 Å². The summed E-state index contributed by atoms with van der Waals surface area (Å²) in [5, 5.41) is 5.04. The van der Waals surface area contributed by atoms with Crippen molar-refractivity contribution in [2.45, 2.75) is 6.92 Å². The molecule has 1 aliphatic heterocycles. The lowest BCUT2D eigenvalue weighted by molar-refractivity contribution is -0.114. The molecule has 0 aliphatic carbocycles. The molecule has 3 rings (SSSR count). The molecule has 4 amide bonds. The maximum Gasteiger partial charge on any atom is 0.321 e. The molecule has 0 bridgehead atoms. The van der Waals surface area contributed by atoms with E-state index in [9.17, 15) is 18.8 Å². The normalized spacial score (nSPS) is 14.0. The van der Waals surface area contributed by atoms with E-state index in [0.29, 0.717) is 31.9 Å². The second-order valence-corrected chi connectivity index (χ2v) is 6.06. The van der Waals surface area contributed by atoms with E-state index in [-0.39, 0.29) is 23.4 Å². The minimum atomic E-state index is -0.590. The zero-order chi connectivity index (χ0) is 19.4. The van der Waals surface area contributed by atoms with Gasteiger partial charge in [0.15, 0.2) is 5.76 Å². The topological polar surface area (TPSA) is 94.9 Å². The molecule has 2 N–H and O–H groups in total. The number of nitrogens with zero attached hydrogens (tertiary/aromatic N) is 2. The monoisotopic (exact) mass is 374 g/mol. The third kappa shape index (κ3) is 4.43. The molecule has 0 unspecified atom stereocenters. The number of carbonyl (C=O) groups is 3. The number of benzene rings is 1. The van der Waals surface area contributed by atoms with Gasteiger partial charge in [-0.3, -0.25) is 9.59 Å². The molecule has 27 heavy (non-hydrogen) atoms. The zero-order valence-corrected chi connectivity index (χ0v) is 14.7. The number of nitrogens with one attached hydrogen (secondary N) is 2. The van der Waals surface area contributed by atoms with Crippen LogP contribution in [0, 0.1) is 5.82 Å². The molecule has 8 nitrogen and oxygen atoms in total. The van der Waals surface area contributed by atoms with E-state index in [1.54, 1.807) is 21.9 Å². The van der Waals surface area contributed by atoms with Crippen LogP contribution < -0.4 is 10.6 Å². The van der Waals surface area contributed by atoms with Crippen molar-refractivity contribution in [1.29, 1.82) is 0 Å². The number of furan rings is 1. The standard InChI is InChI=1S/C18H19FN4O4/c1-12(24)20-15-11-13(4-5-14(15)19)21-18(26)23-8-6-22(7-9-23)17(25)16-3-2-10-27-16/h2-5,10-11H,6-9H2,1H3,(H,20,24)(H,21,26). The number of piperazine rings is 1. The third-order valence-corrected chi connectivity index (χ3v) is 4.11. The SMILES string of the molecule is CC(=O)Nc1cc(NC(=O)N2CCN(C(=O)c3ccco3)CC2)ccc1F. The first-order valence-electron chi connectivity index (χ1n) is 8.40. The van der Waals surface area contributed by atoms with Crippen molar-refractivity contribution >= 4 is 29.2 Å². The third-order valence-electron chi connectivity index (χ3n) is 4.11. The summed E-state index contributed by atoms with van der Waals surface area (Å²) in [6.45, 7) is 2.76. The minimum absolute atomic E-state index is 0.00540. The van der Waals surface area contributed by atoms with Crippen molar-refractivity contribution in [3.63, 3.8) is 0 Å². The number of hydrogen-bond donors (Lipinski definition) is 2. The quantitative estimate of drug-likeness (QED) is 0.862. The van der Waals surface area contributed by atoms with Gasteiger partial charge in [-0.05, 0) is 30.3 Å². The fourth-order valence-electron chi connectivity index (χ4n) is 2.76. The first-order chi connectivity index (χ1) is 12.9. The molecule has 1 aromatic carbocycles. The zero-order valence-electron chi connectivity index (χ0n) is 14.7. The summed E-state index contributed by atoms with van der Waals surface area (Å²) in [7, 11) is 0. The summed E-state index contributed by atoms with van der Waals surface area (Å²) in [6.07, 6.45) is 1.44. The molecule has 0 atom stereocenters. The lowest BCUT2D eigenvalue weighted by Crippen LogP contribution is -2.51. The van der Waals surface area contributed by atoms with E-state index in [1.165, 1.54) is 31.4 Å². The van der Waals surface area contributed by atoms with Crippen LogP contribution in [-0.4, -0.2) is 53.8 Å². The molecule has 1 saturated heterocycles. The van der Waals surface area contributed by atoms with Gasteiger partial charge in [-0.2, -0.15) is 0 Å². The number of carbonyl (C=O) groups excluding carboxylic acids is 3. The maximum absolute atomic E-state index is 13.7. The first-order valence-corrected chi connectivity index (χ1v) is 8.40. The van der Waals surface area contributed by atoms with E-state index >= 15 is 0 Å². The van der Waals surface area contributed by atoms with Crippen LogP contribution in [0.4, 0.5) is 20.6 Å². The van der Waals surface area contributed by atoms with Gasteiger partial charge in [0.2, 0.25) is 5.91 Å². The van der Waals surface area contributed by atoms with Crippen molar-refractivity contribution in [1.82, 2.24) is 9.80 Å². The summed E-state index contributed by atoms with van der Waals surface area (Å²) < 4.78 is 18.8. The molecule has 2 heterocycles. The Morgan fingerprint density at radius 1 is 1.04 bits per heavy atom. The van der Waals surface area contributed by atoms with Crippen LogP contribution in [-0.2, 0) is 4.79 Å². The number of halogens is 1. The predicted octanol–water partition coefficient (Wildman–Crippen LogP) is 2.37. The molecule has 1 fully saturated rings. The summed E-state index contributed by atoms with van der Waals surface area (Å²) in [4.78, 5) is 38.9. The Morgan fingerprint density at radius 2 is 1.74 bits per heavy atom. The highest BCUT2D eigenvalue weighted by molar-refractivity contribution is 5.93. The number of anilines is 2. The molecule has 2 aromatic rings. The predicted molar refractivity (Wildman–Crippen MR) is 95.9 cm³/mol. The van der Waals surface area contributed by atoms with Crippen molar-refractivity contribution in [2.24, 2.45) is 0 Å². The van der Waals surface area contributed by atoms with Crippen molar-refractivity contribution in [2.75, 3.05) is 36.8 Å². The molecular weight excluding hydrogens is 355 g/mol. The molecule has 0 spiro atoms. The number of urea groups is 1. The van der Waals surface area contributed by atoms with Crippen LogP contribution in [0.25, 0.3) is 0 Å². The van der Waals surface area contributed by atoms with Gasteiger partial charge >= 0.3 is 6.03 Å². The molecule has 142 valence electrons. The van der Waals surface area contributed by atoms with E-state index in [0.717, 1.165) is 0 Å². The van der Waals surface area contributed by atoms with Crippen LogP contribution in [0.1, 0.15) is 17.5 Å². The number of rotatable bonds is 3. The van der Waals surface area contributed by atoms with Crippen molar-refractivity contribution in [3.8, 4) is 0 Å². The fourth-order valence-corrected chi connectivity index (χ4v) is 2.76. The van der Waals surface area contributed by atoms with Gasteiger partial charge in [0, 0.05) is 38.8 Å². The largest absolute Gasteiger partial charge is 0.459 e. The van der Waals surface area contributed by atoms with Gasteiger partial charge < -0.3 is 24.9 Å². The van der Waals surface area contributed by atoms with E-state index in [1.807, 2.05) is 0 Å². The first kappa shape index (κ1) is 18.4. The average Bonchev–Trinajstić information content (AvgIpc) is 3.18. The lowest BCUT2D eigenvalue weighted by atomic mass is 10.2. The Labute approximate surface area is 154 Å². The van der Waals surface area contributed by atoms with Crippen molar-refractivity contribution in [3.05, 3.63) is 48.2 Å². The van der Waals surface area contributed by atoms with Crippen LogP contribution in [0.15, 0.2) is 41.0 Å². The summed E-state index contributed by atoms with van der Waals surface area (Å²) in [5.41, 5.74) is 0.355. The average molecular weight is 374 g/mol. The van der Waals surface area contributed by atoms with Gasteiger partial charge in [-0.25, -0.2) is 9.18 Å². The van der Waals surface area contributed by atoms with E-state index in [4.69, 9.17) is 4.42 Å². The smallest absolute Gasteiger partial charge is 0.321 e. The maximum atomic E-state index is 13.7. The molecule has 0 saturated carbocycles. The second kappa shape index (κ2) is 7.90. The second-order valence-electron chi connectivity index (χ2n) is 6.06. The van der Waals surface area contributed by atoms with E-state index < -0.39 is 11.7 Å². The van der Waals surface area contributed by atoms with Crippen LogP contribution in [0.3, 0.4) is 0 Å². The lowest BCUT2D eigenvalue weighted by Gasteiger charge is -2.34. The van der Waals surface area contributed by atoms with Gasteiger partial charge in [-0.15, -0.1) is 0 Å². The Balaban J connectivity index is 1.57. The molecule has 1 aromatic heterocycles. The number of hydrogen-bond acceptors (Lipinski definition) is 4. The molecular formula is C18H19FN4O4. The minimum Gasteiger partial charge on any atom is -0.459 e. The summed E-state index contributed by atoms with van der Waals surface area (Å²) >= 11 is 0. The highest BCUT2D eigenvalue weighted by Gasteiger charge is 2.26. The molecule has 9 heteroatoms. The molecule has 0 radical (unpaired) electrons. The summed E-state index contributed by atoms with van der Waals surface area (Å²) in [5.74, 6) is -0.939. The Kier molecular flexibility index (Phi) is 5.39. The van der Waals surface area contributed by atoms with Crippen molar-refractivity contribution < 1.29 is 23.2 Å². The van der Waals surface area contributed by atoms with Gasteiger partial charge in [0.25, 0.3) is 5.91 Å². The highest BCUT2D eigenvalue weighted by atomic mass is 19.1. The van der Waals surface area contributed by atoms with Gasteiger partial charge in [-0.1, -0.05) is 0 Å². The fraction of sp³-hybridized carbons (Fsp3) is 0.278. The van der Waals surface area contributed by atoms with E-state index in [2.05, 4.69) is 10.6 Å². The highest BCUT2D eigenvalue weighted by Crippen LogP contribution is 2.20. The van der Waals surface area contributed by atoms with Crippen LogP contribution in [0.2, 0.25) is 0 Å². The Bertz CT molecular complexity index is 845. The van der Waals surface area contributed by atoms with Gasteiger partial charge in [0.05, 0.1) is 12.0 Å². The molecule has 1 aliphatic rings. The van der Waals surface area contributed by atoms with Crippen LogP contribution in [0.5, 0.6) is 0 Å².